The predicted octanol–water partition coefficient (Wildman–Crippen LogP) is 2.92. The number of aromatic nitrogens is 1. The van der Waals surface area contributed by atoms with Crippen molar-refractivity contribution in [3.63, 3.8) is 0 Å². The van der Waals surface area contributed by atoms with E-state index >= 15 is 0 Å². The summed E-state index contributed by atoms with van der Waals surface area (Å²) in [5, 5.41) is 3.34. The molecule has 1 N–H and O–H groups in total. The van der Waals surface area contributed by atoms with Crippen LogP contribution in [0.1, 0.15) is 26.0 Å². The van der Waals surface area contributed by atoms with E-state index in [1.807, 2.05) is 19.1 Å². The molecule has 0 saturated heterocycles. The summed E-state index contributed by atoms with van der Waals surface area (Å²) in [5.41, 5.74) is 0.956. The van der Waals surface area contributed by atoms with Gasteiger partial charge in [0, 0.05) is 16.6 Å². The van der Waals surface area contributed by atoms with E-state index < -0.39 is 0 Å². The molecule has 0 saturated carbocycles. The van der Waals surface area contributed by atoms with Gasteiger partial charge < -0.3 is 10.1 Å². The van der Waals surface area contributed by atoms with Gasteiger partial charge in [-0.15, -0.1) is 0 Å². The van der Waals surface area contributed by atoms with E-state index in [-0.39, 0.29) is 0 Å². The van der Waals surface area contributed by atoms with Crippen LogP contribution >= 0.6 is 15.9 Å². The average Bonchev–Trinajstić information content (AvgIpc) is 2.22. The van der Waals surface area contributed by atoms with Gasteiger partial charge in [0.05, 0.1) is 12.3 Å². The van der Waals surface area contributed by atoms with Crippen LogP contribution in [0.2, 0.25) is 0 Å². The van der Waals surface area contributed by atoms with E-state index in [1.54, 1.807) is 0 Å². The topological polar surface area (TPSA) is 34.1 Å². The average molecular weight is 287 g/mol. The Morgan fingerprint density at radius 3 is 2.81 bits per heavy atom. The van der Waals surface area contributed by atoms with E-state index in [0.29, 0.717) is 18.5 Å². The van der Waals surface area contributed by atoms with Crippen LogP contribution in [0.4, 0.5) is 0 Å². The van der Waals surface area contributed by atoms with Crippen LogP contribution < -0.4 is 10.1 Å². The van der Waals surface area contributed by atoms with Crippen molar-refractivity contribution in [2.24, 2.45) is 0 Å². The van der Waals surface area contributed by atoms with Crippen molar-refractivity contribution in [3.05, 3.63) is 22.3 Å². The van der Waals surface area contributed by atoms with Crippen molar-refractivity contribution >= 4 is 15.9 Å². The van der Waals surface area contributed by atoms with Gasteiger partial charge >= 0.3 is 0 Å². The second kappa shape index (κ2) is 6.86. The van der Waals surface area contributed by atoms with Crippen LogP contribution in [0.15, 0.2) is 16.6 Å². The third kappa shape index (κ3) is 4.94. The summed E-state index contributed by atoms with van der Waals surface area (Å²) in [6, 6.07) is 4.38. The summed E-state index contributed by atoms with van der Waals surface area (Å²) in [4.78, 5) is 4.32. The van der Waals surface area contributed by atoms with Crippen LogP contribution in [-0.2, 0) is 0 Å². The van der Waals surface area contributed by atoms with E-state index in [0.717, 1.165) is 23.1 Å². The highest BCUT2D eigenvalue weighted by atomic mass is 79.9. The van der Waals surface area contributed by atoms with Gasteiger partial charge in [0.15, 0.2) is 0 Å². The lowest BCUT2D eigenvalue weighted by Crippen LogP contribution is -2.24. The van der Waals surface area contributed by atoms with Gasteiger partial charge in [-0.1, -0.05) is 13.8 Å². The van der Waals surface area contributed by atoms with Crippen LogP contribution in [-0.4, -0.2) is 24.2 Å². The quantitative estimate of drug-likeness (QED) is 0.817. The van der Waals surface area contributed by atoms with Gasteiger partial charge in [-0.2, -0.15) is 0 Å². The number of rotatable bonds is 6. The van der Waals surface area contributed by atoms with Gasteiger partial charge in [0.1, 0.15) is 0 Å². The molecule has 1 aromatic heterocycles. The van der Waals surface area contributed by atoms with Crippen molar-refractivity contribution in [2.45, 2.75) is 33.2 Å². The molecule has 16 heavy (non-hydrogen) atoms. The Bertz CT molecular complexity index is 329. The Hall–Kier alpha value is -0.610. The fraction of sp³-hybridized carbons (Fsp3) is 0.583. The van der Waals surface area contributed by atoms with Gasteiger partial charge in [-0.05, 0) is 41.9 Å². The third-order valence-electron chi connectivity index (χ3n) is 2.12. The lowest BCUT2D eigenvalue weighted by atomic mass is 10.3. The Morgan fingerprint density at radius 1 is 1.44 bits per heavy atom. The molecule has 0 bridgehead atoms. The Morgan fingerprint density at radius 2 is 2.19 bits per heavy atom. The predicted molar refractivity (Wildman–Crippen MR) is 69.9 cm³/mol. The Kier molecular flexibility index (Phi) is 5.77. The second-order valence-electron chi connectivity index (χ2n) is 4.03. The minimum Gasteiger partial charge on any atom is -0.478 e. The molecule has 0 atom stereocenters. The summed E-state index contributed by atoms with van der Waals surface area (Å²) in [6.45, 7) is 7.92. The van der Waals surface area contributed by atoms with Gasteiger partial charge in [-0.3, -0.25) is 0 Å². The number of hydrogen-bond donors (Lipinski definition) is 1. The standard InChI is InChI=1S/C12H19BrN2O/c1-9(2)14-7-4-8-16-12-6-5-11(13)10(3)15-12/h5-6,9,14H,4,7-8H2,1-3H3. The normalized spacial score (nSPS) is 10.8. The SMILES string of the molecule is Cc1nc(OCCCNC(C)C)ccc1Br. The third-order valence-corrected chi connectivity index (χ3v) is 2.96. The minimum absolute atomic E-state index is 0.535. The number of nitrogens with zero attached hydrogens (tertiary/aromatic N) is 1. The maximum atomic E-state index is 5.55. The zero-order valence-corrected chi connectivity index (χ0v) is 11.7. The molecule has 3 nitrogen and oxygen atoms in total. The number of pyridine rings is 1. The summed E-state index contributed by atoms with van der Waals surface area (Å²) >= 11 is 3.41. The van der Waals surface area contributed by atoms with Crippen LogP contribution in [0.3, 0.4) is 0 Å². The van der Waals surface area contributed by atoms with Crippen molar-refractivity contribution in [1.82, 2.24) is 10.3 Å². The molecule has 0 radical (unpaired) electrons. The molecule has 0 amide bonds. The minimum atomic E-state index is 0.535. The molecular weight excluding hydrogens is 268 g/mol. The molecule has 0 aromatic carbocycles. The molecule has 1 heterocycles. The van der Waals surface area contributed by atoms with E-state index in [2.05, 4.69) is 40.1 Å². The van der Waals surface area contributed by atoms with Crippen LogP contribution in [0.25, 0.3) is 0 Å². The highest BCUT2D eigenvalue weighted by Gasteiger charge is 1.99. The van der Waals surface area contributed by atoms with Gasteiger partial charge in [-0.25, -0.2) is 4.98 Å². The molecule has 0 aliphatic carbocycles. The highest BCUT2D eigenvalue weighted by molar-refractivity contribution is 9.10. The Balaban J connectivity index is 2.24. The fourth-order valence-corrected chi connectivity index (χ4v) is 1.46. The van der Waals surface area contributed by atoms with E-state index in [1.165, 1.54) is 0 Å². The zero-order chi connectivity index (χ0) is 12.0. The van der Waals surface area contributed by atoms with E-state index in [9.17, 15) is 0 Å². The molecule has 1 aromatic rings. The molecule has 0 aliphatic rings. The Labute approximate surface area is 106 Å². The molecule has 0 aliphatic heterocycles. The van der Waals surface area contributed by atoms with Gasteiger partial charge in [0.25, 0.3) is 0 Å². The maximum Gasteiger partial charge on any atom is 0.213 e. The number of aryl methyl sites for hydroxylation is 1. The monoisotopic (exact) mass is 286 g/mol. The fourth-order valence-electron chi connectivity index (χ4n) is 1.24. The lowest BCUT2D eigenvalue weighted by molar-refractivity contribution is 0.294. The molecule has 1 rings (SSSR count). The smallest absolute Gasteiger partial charge is 0.213 e. The summed E-state index contributed by atoms with van der Waals surface area (Å²) in [7, 11) is 0. The summed E-state index contributed by atoms with van der Waals surface area (Å²) in [5.74, 6) is 0.699. The van der Waals surface area contributed by atoms with Crippen molar-refractivity contribution in [1.29, 1.82) is 0 Å². The first-order valence-electron chi connectivity index (χ1n) is 5.59. The maximum absolute atomic E-state index is 5.55. The largest absolute Gasteiger partial charge is 0.478 e. The van der Waals surface area contributed by atoms with E-state index in [4.69, 9.17) is 4.74 Å². The zero-order valence-electron chi connectivity index (χ0n) is 10.1. The number of nitrogens with one attached hydrogen (secondary N) is 1. The number of halogens is 1. The number of ether oxygens (including phenoxy) is 1. The van der Waals surface area contributed by atoms with Crippen LogP contribution in [0, 0.1) is 6.92 Å². The van der Waals surface area contributed by atoms with Crippen LogP contribution in [0.5, 0.6) is 5.88 Å². The molecule has 90 valence electrons. The van der Waals surface area contributed by atoms with Crippen molar-refractivity contribution < 1.29 is 4.74 Å². The van der Waals surface area contributed by atoms with Gasteiger partial charge in [0.2, 0.25) is 5.88 Å². The molecule has 4 heteroatoms. The molecule has 0 spiro atoms. The summed E-state index contributed by atoms with van der Waals surface area (Å²) in [6.07, 6.45) is 0.995. The highest BCUT2D eigenvalue weighted by Crippen LogP contribution is 2.17. The van der Waals surface area contributed by atoms with Crippen molar-refractivity contribution in [2.75, 3.05) is 13.2 Å². The molecule has 0 unspecified atom stereocenters. The summed E-state index contributed by atoms with van der Waals surface area (Å²) < 4.78 is 6.57. The first-order chi connectivity index (χ1) is 7.59. The first-order valence-corrected chi connectivity index (χ1v) is 6.38. The number of hydrogen-bond acceptors (Lipinski definition) is 3. The molecule has 0 fully saturated rings. The molecular formula is C12H19BrN2O. The second-order valence-corrected chi connectivity index (χ2v) is 4.88. The lowest BCUT2D eigenvalue weighted by Gasteiger charge is -2.09. The van der Waals surface area contributed by atoms with Crippen molar-refractivity contribution in [3.8, 4) is 5.88 Å². The first kappa shape index (κ1) is 13.5.